The number of pyridine rings is 2. The van der Waals surface area contributed by atoms with E-state index in [9.17, 15) is 10.1 Å². The van der Waals surface area contributed by atoms with Crippen LogP contribution in [0.4, 0.5) is 5.69 Å². The van der Waals surface area contributed by atoms with Crippen LogP contribution in [-0.4, -0.2) is 39.6 Å². The third kappa shape index (κ3) is 4.90. The van der Waals surface area contributed by atoms with Crippen LogP contribution in [0.25, 0.3) is 11.0 Å². The fraction of sp³-hybridized carbons (Fsp3) is 0.300. The Morgan fingerprint density at radius 1 is 1.00 bits per heavy atom. The van der Waals surface area contributed by atoms with Crippen LogP contribution >= 0.6 is 23.2 Å². The van der Waals surface area contributed by atoms with Crippen molar-refractivity contribution in [1.82, 2.24) is 14.5 Å². The van der Waals surface area contributed by atoms with Crippen molar-refractivity contribution in [2.45, 2.75) is 38.4 Å². The number of hydrogen-bond donors (Lipinski definition) is 0. The highest BCUT2D eigenvalue weighted by atomic mass is 35.5. The molecule has 194 valence electrons. The van der Waals surface area contributed by atoms with Crippen LogP contribution in [0.1, 0.15) is 43.1 Å². The molecule has 0 radical (unpaired) electrons. The van der Waals surface area contributed by atoms with Crippen LogP contribution in [0.3, 0.4) is 0 Å². The standard InChI is InChI=1S/C30H29Cl2N5O/c1-4-25-18-36(27-15-28(38)35(3)26-14-13-24(16-33)34-29(26)27)19(2)17-37(25)30(20-5-9-22(31)10-6-20)21-7-11-23(32)12-8-21/h5-15,19,25,30H,4,17-18H2,1-3H3/t19-,25?/m0/s1. The first-order chi connectivity index (χ1) is 18.3. The van der Waals surface area contributed by atoms with E-state index in [0.29, 0.717) is 21.3 Å². The van der Waals surface area contributed by atoms with E-state index in [1.807, 2.05) is 24.3 Å². The number of nitriles is 1. The molecule has 1 aliphatic rings. The van der Waals surface area contributed by atoms with Gasteiger partial charge in [-0.3, -0.25) is 9.69 Å². The number of anilines is 1. The Morgan fingerprint density at radius 2 is 1.61 bits per heavy atom. The molecule has 0 spiro atoms. The molecular weight excluding hydrogens is 517 g/mol. The Hall–Kier alpha value is -3.37. The van der Waals surface area contributed by atoms with Gasteiger partial charge in [0.05, 0.1) is 17.2 Å². The second-order valence-electron chi connectivity index (χ2n) is 9.87. The summed E-state index contributed by atoms with van der Waals surface area (Å²) < 4.78 is 1.59. The molecule has 1 saturated heterocycles. The van der Waals surface area contributed by atoms with Gasteiger partial charge in [-0.2, -0.15) is 5.26 Å². The minimum absolute atomic E-state index is 0.0165. The van der Waals surface area contributed by atoms with Crippen molar-refractivity contribution in [3.63, 3.8) is 0 Å². The summed E-state index contributed by atoms with van der Waals surface area (Å²) in [5.41, 5.74) is 4.73. The van der Waals surface area contributed by atoms with Gasteiger partial charge in [0.15, 0.2) is 0 Å². The summed E-state index contributed by atoms with van der Waals surface area (Å²) in [6.45, 7) is 5.86. The second-order valence-corrected chi connectivity index (χ2v) is 10.7. The smallest absolute Gasteiger partial charge is 0.252 e. The van der Waals surface area contributed by atoms with Gasteiger partial charge in [-0.25, -0.2) is 4.98 Å². The number of rotatable bonds is 5. The van der Waals surface area contributed by atoms with E-state index >= 15 is 0 Å². The summed E-state index contributed by atoms with van der Waals surface area (Å²) in [6.07, 6.45) is 0.917. The normalized spacial score (nSPS) is 18.2. The highest BCUT2D eigenvalue weighted by Crippen LogP contribution is 2.37. The molecule has 38 heavy (non-hydrogen) atoms. The molecule has 0 bridgehead atoms. The summed E-state index contributed by atoms with van der Waals surface area (Å²) in [5.74, 6) is 0. The number of aryl methyl sites for hydroxylation is 1. The lowest BCUT2D eigenvalue weighted by molar-refractivity contribution is 0.116. The van der Waals surface area contributed by atoms with E-state index in [0.717, 1.165) is 41.8 Å². The van der Waals surface area contributed by atoms with Gasteiger partial charge in [-0.15, -0.1) is 0 Å². The highest BCUT2D eigenvalue weighted by molar-refractivity contribution is 6.30. The molecule has 0 saturated carbocycles. The van der Waals surface area contributed by atoms with E-state index in [4.69, 9.17) is 23.2 Å². The van der Waals surface area contributed by atoms with Crippen molar-refractivity contribution in [3.05, 3.63) is 104 Å². The number of hydrogen-bond acceptors (Lipinski definition) is 5. The van der Waals surface area contributed by atoms with Gasteiger partial charge in [0, 0.05) is 48.3 Å². The van der Waals surface area contributed by atoms with Crippen molar-refractivity contribution in [2.75, 3.05) is 18.0 Å². The third-order valence-corrected chi connectivity index (χ3v) is 8.05. The van der Waals surface area contributed by atoms with E-state index in [1.54, 1.807) is 29.8 Å². The lowest BCUT2D eigenvalue weighted by atomic mass is 9.92. The van der Waals surface area contributed by atoms with Gasteiger partial charge in [0.1, 0.15) is 17.3 Å². The minimum atomic E-state index is -0.0955. The topological polar surface area (TPSA) is 65.2 Å². The number of nitrogens with zero attached hydrogens (tertiary/aromatic N) is 5. The quantitative estimate of drug-likeness (QED) is 0.299. The van der Waals surface area contributed by atoms with Crippen LogP contribution in [0.15, 0.2) is 71.5 Å². The maximum atomic E-state index is 12.9. The van der Waals surface area contributed by atoms with Crippen LogP contribution in [0.2, 0.25) is 10.0 Å². The molecule has 2 aromatic heterocycles. The van der Waals surface area contributed by atoms with Gasteiger partial charge >= 0.3 is 0 Å². The first kappa shape index (κ1) is 26.2. The summed E-state index contributed by atoms with van der Waals surface area (Å²) in [7, 11) is 1.74. The van der Waals surface area contributed by atoms with E-state index < -0.39 is 0 Å². The highest BCUT2D eigenvalue weighted by Gasteiger charge is 2.37. The fourth-order valence-corrected chi connectivity index (χ4v) is 5.79. The Morgan fingerprint density at radius 3 is 2.16 bits per heavy atom. The Balaban J connectivity index is 1.58. The van der Waals surface area contributed by atoms with Crippen molar-refractivity contribution in [2.24, 2.45) is 7.05 Å². The molecule has 2 atom stereocenters. The summed E-state index contributed by atoms with van der Waals surface area (Å²) >= 11 is 12.5. The predicted octanol–water partition coefficient (Wildman–Crippen LogP) is 6.19. The number of piperazine rings is 1. The molecule has 6 nitrogen and oxygen atoms in total. The molecule has 0 N–H and O–H groups in total. The maximum absolute atomic E-state index is 12.9. The molecule has 1 unspecified atom stereocenters. The van der Waals surface area contributed by atoms with Gasteiger partial charge in [0.25, 0.3) is 5.56 Å². The van der Waals surface area contributed by atoms with Crippen molar-refractivity contribution >= 4 is 39.9 Å². The molecule has 3 heterocycles. The monoisotopic (exact) mass is 545 g/mol. The van der Waals surface area contributed by atoms with Crippen LogP contribution in [0.5, 0.6) is 0 Å². The second kappa shape index (κ2) is 10.8. The van der Waals surface area contributed by atoms with E-state index in [-0.39, 0.29) is 23.7 Å². The third-order valence-electron chi connectivity index (χ3n) is 7.55. The van der Waals surface area contributed by atoms with Crippen LogP contribution in [-0.2, 0) is 7.05 Å². The average Bonchev–Trinajstić information content (AvgIpc) is 2.93. The Bertz CT molecular complexity index is 1510. The first-order valence-electron chi connectivity index (χ1n) is 12.7. The van der Waals surface area contributed by atoms with Crippen molar-refractivity contribution in [1.29, 1.82) is 5.26 Å². The molecule has 0 aliphatic carbocycles. The lowest BCUT2D eigenvalue weighted by Crippen LogP contribution is -2.58. The first-order valence-corrected chi connectivity index (χ1v) is 13.5. The Labute approximate surface area is 232 Å². The SMILES string of the molecule is CCC1CN(c2cc(=O)n(C)c3ccc(C#N)nc23)[C@@H](C)CN1C(c1ccc(Cl)cc1)c1ccc(Cl)cc1. The molecule has 8 heteroatoms. The summed E-state index contributed by atoms with van der Waals surface area (Å²) in [6, 6.07) is 23.7. The molecule has 1 fully saturated rings. The fourth-order valence-electron chi connectivity index (χ4n) is 5.54. The summed E-state index contributed by atoms with van der Waals surface area (Å²) in [5, 5.41) is 10.9. The molecule has 2 aromatic carbocycles. The Kier molecular flexibility index (Phi) is 7.45. The van der Waals surface area contributed by atoms with Gasteiger partial charge in [-0.1, -0.05) is 54.4 Å². The largest absolute Gasteiger partial charge is 0.364 e. The molecule has 5 rings (SSSR count). The number of aromatic nitrogens is 2. The lowest BCUT2D eigenvalue weighted by Gasteiger charge is -2.49. The predicted molar refractivity (Wildman–Crippen MR) is 154 cm³/mol. The van der Waals surface area contributed by atoms with Gasteiger partial charge in [0.2, 0.25) is 0 Å². The number of fused-ring (bicyclic) bond motifs is 1. The zero-order valence-corrected chi connectivity index (χ0v) is 23.1. The van der Waals surface area contributed by atoms with Crippen LogP contribution < -0.4 is 10.5 Å². The van der Waals surface area contributed by atoms with Crippen molar-refractivity contribution in [3.8, 4) is 6.07 Å². The van der Waals surface area contributed by atoms with E-state index in [2.05, 4.69) is 59.0 Å². The summed E-state index contributed by atoms with van der Waals surface area (Å²) in [4.78, 5) is 22.4. The van der Waals surface area contributed by atoms with Crippen LogP contribution in [0, 0.1) is 11.3 Å². The molecule has 4 aromatic rings. The zero-order chi connectivity index (χ0) is 27.0. The minimum Gasteiger partial charge on any atom is -0.364 e. The maximum Gasteiger partial charge on any atom is 0.252 e. The van der Waals surface area contributed by atoms with Crippen molar-refractivity contribution < 1.29 is 0 Å². The number of halogens is 2. The van der Waals surface area contributed by atoms with E-state index in [1.165, 1.54) is 0 Å². The molecule has 0 amide bonds. The van der Waals surface area contributed by atoms with Gasteiger partial charge in [-0.05, 0) is 60.9 Å². The molecular formula is C30H29Cl2N5O. The zero-order valence-electron chi connectivity index (χ0n) is 21.6. The van der Waals surface area contributed by atoms with Gasteiger partial charge < -0.3 is 9.47 Å². The molecule has 1 aliphatic heterocycles. The average molecular weight is 547 g/mol. The number of benzene rings is 2.